The average molecular weight is 490 g/mol. The molecule has 2 aromatic heterocycles. The predicted molar refractivity (Wildman–Crippen MR) is 123 cm³/mol. The molecule has 2 aromatic carbocycles. The lowest BCUT2D eigenvalue weighted by molar-refractivity contribution is -0.113. The zero-order valence-electron chi connectivity index (χ0n) is 16.6. The topological polar surface area (TPSA) is 81.9 Å². The van der Waals surface area contributed by atoms with E-state index in [2.05, 4.69) is 20.5 Å². The Kier molecular flexibility index (Phi) is 5.99. The summed E-state index contributed by atoms with van der Waals surface area (Å²) in [6.07, 6.45) is 2.08. The summed E-state index contributed by atoms with van der Waals surface area (Å²) in [5.74, 6) is 0.893. The number of para-hydroxylation sites is 1. The minimum Gasteiger partial charge on any atom is -0.484 e. The van der Waals surface area contributed by atoms with Crippen LogP contribution in [0.2, 0.25) is 5.02 Å². The highest BCUT2D eigenvalue weighted by molar-refractivity contribution is 7.99. The van der Waals surface area contributed by atoms with Crippen molar-refractivity contribution in [3.63, 3.8) is 0 Å². The van der Waals surface area contributed by atoms with Crippen molar-refractivity contribution < 1.29 is 13.9 Å². The number of hydrogen-bond donors (Lipinski definition) is 1. The number of anilines is 1. The highest BCUT2D eigenvalue weighted by Gasteiger charge is 2.30. The number of halogens is 2. The van der Waals surface area contributed by atoms with Gasteiger partial charge in [0.2, 0.25) is 5.91 Å². The standard InChI is InChI=1S/C21H17ClFN5O2S2/c22-14-3-1-2-4-16(14)30-10-18-26-27-21(28(18)13-6-7-13)31-11-19(29)25-20-24-15-8-5-12(23)9-17(15)32-20/h1-5,8-9,13H,6-7,10-11H2,(H,24,25,29). The van der Waals surface area contributed by atoms with E-state index in [1.54, 1.807) is 18.2 Å². The van der Waals surface area contributed by atoms with E-state index in [1.165, 1.54) is 35.2 Å². The molecule has 1 saturated carbocycles. The Hall–Kier alpha value is -2.69. The van der Waals surface area contributed by atoms with Crippen molar-refractivity contribution in [2.45, 2.75) is 30.6 Å². The molecular weight excluding hydrogens is 473 g/mol. The maximum atomic E-state index is 13.4. The number of benzene rings is 2. The summed E-state index contributed by atoms with van der Waals surface area (Å²) in [7, 11) is 0. The van der Waals surface area contributed by atoms with E-state index in [4.69, 9.17) is 16.3 Å². The number of thioether (sulfide) groups is 1. The van der Waals surface area contributed by atoms with Crippen LogP contribution in [0.5, 0.6) is 5.75 Å². The van der Waals surface area contributed by atoms with Gasteiger partial charge in [-0.3, -0.25) is 9.36 Å². The lowest BCUT2D eigenvalue weighted by atomic mass is 10.3. The number of thiazole rings is 1. The molecule has 5 rings (SSSR count). The fraction of sp³-hybridized carbons (Fsp3) is 0.238. The second-order valence-electron chi connectivity index (χ2n) is 7.19. The van der Waals surface area contributed by atoms with Crippen LogP contribution in [0.15, 0.2) is 47.6 Å². The van der Waals surface area contributed by atoms with Crippen LogP contribution >= 0.6 is 34.7 Å². The number of nitrogens with one attached hydrogen (secondary N) is 1. The van der Waals surface area contributed by atoms with E-state index < -0.39 is 0 Å². The van der Waals surface area contributed by atoms with Gasteiger partial charge in [0.15, 0.2) is 16.1 Å². The third-order valence-electron chi connectivity index (χ3n) is 4.77. The van der Waals surface area contributed by atoms with Gasteiger partial charge >= 0.3 is 0 Å². The smallest absolute Gasteiger partial charge is 0.236 e. The van der Waals surface area contributed by atoms with Gasteiger partial charge in [-0.05, 0) is 43.2 Å². The molecule has 1 aliphatic carbocycles. The number of nitrogens with zero attached hydrogens (tertiary/aromatic N) is 4. The molecule has 0 radical (unpaired) electrons. The summed E-state index contributed by atoms with van der Waals surface area (Å²) in [4.78, 5) is 16.8. The molecule has 1 aliphatic rings. The van der Waals surface area contributed by atoms with Gasteiger partial charge in [0.05, 0.1) is 21.0 Å². The average Bonchev–Trinajstić information content (AvgIpc) is 3.41. The zero-order valence-corrected chi connectivity index (χ0v) is 19.0. The monoisotopic (exact) mass is 489 g/mol. The minimum absolute atomic E-state index is 0.153. The molecule has 1 N–H and O–H groups in total. The van der Waals surface area contributed by atoms with Gasteiger partial charge in [0, 0.05) is 6.04 Å². The Balaban J connectivity index is 1.23. The molecule has 0 saturated heterocycles. The molecule has 0 spiro atoms. The first kappa shape index (κ1) is 21.2. The van der Waals surface area contributed by atoms with Crippen molar-refractivity contribution in [1.29, 1.82) is 0 Å². The van der Waals surface area contributed by atoms with Crippen LogP contribution in [-0.2, 0) is 11.4 Å². The van der Waals surface area contributed by atoms with Gasteiger partial charge in [-0.15, -0.1) is 10.2 Å². The summed E-state index contributed by atoms with van der Waals surface area (Å²) in [5, 5.41) is 13.0. The van der Waals surface area contributed by atoms with E-state index >= 15 is 0 Å². The van der Waals surface area contributed by atoms with Gasteiger partial charge in [-0.25, -0.2) is 9.37 Å². The number of hydrogen-bond acceptors (Lipinski definition) is 7. The zero-order chi connectivity index (χ0) is 22.1. The quantitative estimate of drug-likeness (QED) is 0.337. The first-order valence-corrected chi connectivity index (χ1v) is 12.0. The molecule has 4 aromatic rings. The summed E-state index contributed by atoms with van der Waals surface area (Å²) in [5.41, 5.74) is 0.649. The number of aromatic nitrogens is 4. The Morgan fingerprint density at radius 3 is 2.94 bits per heavy atom. The number of ether oxygens (including phenoxy) is 1. The van der Waals surface area contributed by atoms with Crippen LogP contribution in [-0.4, -0.2) is 31.4 Å². The highest BCUT2D eigenvalue weighted by atomic mass is 35.5. The second kappa shape index (κ2) is 9.05. The molecule has 7 nitrogen and oxygen atoms in total. The third kappa shape index (κ3) is 4.72. The molecule has 0 unspecified atom stereocenters. The van der Waals surface area contributed by atoms with Crippen LogP contribution in [0.3, 0.4) is 0 Å². The number of carbonyl (C=O) groups excluding carboxylic acids is 1. The van der Waals surface area contributed by atoms with Crippen molar-refractivity contribution >= 4 is 56.0 Å². The Bertz CT molecular complexity index is 1290. The molecule has 0 aliphatic heterocycles. The summed E-state index contributed by atoms with van der Waals surface area (Å²) in [6.45, 7) is 0.238. The molecule has 0 atom stereocenters. The van der Waals surface area contributed by atoms with E-state index in [9.17, 15) is 9.18 Å². The van der Waals surface area contributed by atoms with E-state index in [0.29, 0.717) is 43.1 Å². The lowest BCUT2D eigenvalue weighted by Gasteiger charge is -2.10. The fourth-order valence-corrected chi connectivity index (χ4v) is 5.07. The van der Waals surface area contributed by atoms with Gasteiger partial charge in [-0.2, -0.15) is 0 Å². The molecule has 2 heterocycles. The number of fused-ring (bicyclic) bond motifs is 1. The van der Waals surface area contributed by atoms with Crippen molar-refractivity contribution in [3.8, 4) is 5.75 Å². The normalized spacial score (nSPS) is 13.4. The lowest BCUT2D eigenvalue weighted by Crippen LogP contribution is -2.14. The summed E-state index contributed by atoms with van der Waals surface area (Å²) in [6, 6.07) is 11.9. The first-order chi connectivity index (χ1) is 15.6. The Morgan fingerprint density at radius 1 is 1.28 bits per heavy atom. The Morgan fingerprint density at radius 2 is 2.12 bits per heavy atom. The van der Waals surface area contributed by atoms with Crippen molar-refractivity contribution in [3.05, 3.63) is 59.1 Å². The Labute approximate surface area is 196 Å². The van der Waals surface area contributed by atoms with Crippen LogP contribution in [0, 0.1) is 5.82 Å². The first-order valence-electron chi connectivity index (χ1n) is 9.86. The molecule has 0 bridgehead atoms. The number of rotatable bonds is 8. The predicted octanol–water partition coefficient (Wildman–Crippen LogP) is 5.33. The third-order valence-corrected chi connectivity index (χ3v) is 6.96. The van der Waals surface area contributed by atoms with Crippen molar-refractivity contribution in [2.75, 3.05) is 11.1 Å². The van der Waals surface area contributed by atoms with Gasteiger partial charge in [0.1, 0.15) is 18.2 Å². The van der Waals surface area contributed by atoms with E-state index in [0.717, 1.165) is 12.8 Å². The number of amides is 1. The van der Waals surface area contributed by atoms with Crippen LogP contribution < -0.4 is 10.1 Å². The molecular formula is C21H17ClFN5O2S2. The van der Waals surface area contributed by atoms with Crippen LogP contribution in [0.25, 0.3) is 10.2 Å². The van der Waals surface area contributed by atoms with Crippen LogP contribution in [0.4, 0.5) is 9.52 Å². The highest BCUT2D eigenvalue weighted by Crippen LogP contribution is 2.39. The molecule has 1 fully saturated rings. The minimum atomic E-state index is -0.330. The maximum Gasteiger partial charge on any atom is 0.236 e. The van der Waals surface area contributed by atoms with Gasteiger partial charge in [-0.1, -0.05) is 46.8 Å². The maximum absolute atomic E-state index is 13.4. The van der Waals surface area contributed by atoms with Gasteiger partial charge in [0.25, 0.3) is 0 Å². The van der Waals surface area contributed by atoms with Crippen molar-refractivity contribution in [2.24, 2.45) is 0 Å². The second-order valence-corrected chi connectivity index (χ2v) is 9.57. The van der Waals surface area contributed by atoms with Gasteiger partial charge < -0.3 is 10.1 Å². The molecule has 11 heteroatoms. The SMILES string of the molecule is O=C(CSc1nnc(COc2ccccc2Cl)n1C1CC1)Nc1nc2ccc(F)cc2s1. The fourth-order valence-electron chi connectivity index (χ4n) is 3.15. The largest absolute Gasteiger partial charge is 0.484 e. The van der Waals surface area contributed by atoms with E-state index in [-0.39, 0.29) is 24.1 Å². The molecule has 1 amide bonds. The molecule has 164 valence electrons. The van der Waals surface area contributed by atoms with Crippen molar-refractivity contribution in [1.82, 2.24) is 19.7 Å². The van der Waals surface area contributed by atoms with E-state index in [1.807, 2.05) is 16.7 Å². The summed E-state index contributed by atoms with van der Waals surface area (Å²) >= 11 is 8.70. The molecule has 32 heavy (non-hydrogen) atoms. The number of carbonyl (C=O) groups is 1. The van der Waals surface area contributed by atoms with Crippen LogP contribution in [0.1, 0.15) is 24.7 Å². The summed E-state index contributed by atoms with van der Waals surface area (Å²) < 4.78 is 21.9.